The largest absolute Gasteiger partial charge is 0.366 e. The fourth-order valence-corrected chi connectivity index (χ4v) is 2.82. The molecule has 0 rings (SSSR count). The molecule has 0 saturated heterocycles. The van der Waals surface area contributed by atoms with E-state index in [0.29, 0.717) is 11.6 Å². The van der Waals surface area contributed by atoms with Gasteiger partial charge in [-0.15, -0.1) is 0 Å². The minimum Gasteiger partial charge on any atom is -0.366 e. The van der Waals surface area contributed by atoms with Crippen LogP contribution in [0.1, 0.15) is 60.8 Å². The summed E-state index contributed by atoms with van der Waals surface area (Å²) in [6, 6.07) is 0. The topological polar surface area (TPSA) is 29.1 Å². The summed E-state index contributed by atoms with van der Waals surface area (Å²) >= 11 is 11.7. The molecule has 0 fully saturated rings. The molecule has 0 aromatic heterocycles. The number of rotatable bonds is 12. The average molecular weight is 491 g/mol. The fourth-order valence-electron chi connectivity index (χ4n) is 2.52. The van der Waals surface area contributed by atoms with E-state index in [1.807, 2.05) is 26.0 Å². The molecule has 32 heavy (non-hydrogen) atoms. The van der Waals surface area contributed by atoms with Gasteiger partial charge in [0.25, 0.3) is 0 Å². The number of nitrogens with one attached hydrogen (secondary N) is 1. The second kappa shape index (κ2) is 23.7. The molecule has 0 amide bonds. The van der Waals surface area contributed by atoms with E-state index in [-0.39, 0.29) is 16.0 Å². The number of halogens is 4. The van der Waals surface area contributed by atoms with Crippen molar-refractivity contribution in [2.24, 2.45) is 11.8 Å². The third kappa shape index (κ3) is 18.8. The van der Waals surface area contributed by atoms with Crippen molar-refractivity contribution in [1.82, 2.24) is 5.32 Å². The highest BCUT2D eigenvalue weighted by molar-refractivity contribution is 6.32. The molecule has 2 atom stereocenters. The molecule has 0 aromatic carbocycles. The Morgan fingerprint density at radius 3 is 2.16 bits per heavy atom. The molecule has 6 heteroatoms. The standard InChI is InChI=1S/C22H29Cl2F2N.C2H4O.C2H6/c1-6-18(11-9-10-12-20(23)17(5)25)19(7-2)13-14-22(26)21(24)15-16(4)27-8-3;1-2-3;1-2/h8-10,12-15,18-19,27H,3,5-7,11H2,1-2,4H3;2H,1H3;1-2H3/b10-9-,14-13+,16-15+,20-12+,22-21-;;/t18-,19+;;/m1../s1. The number of carbonyl (C=O) groups is 1. The SMILES string of the molecule is C=CN/C(C)=C/C(Cl)=C(F)\C=C\[C@H](CC)[C@H](CC)C/C=C\C=C(\Cl)C(=C)F.CC.CC=O. The van der Waals surface area contributed by atoms with Gasteiger partial charge >= 0.3 is 0 Å². The van der Waals surface area contributed by atoms with E-state index in [9.17, 15) is 8.78 Å². The van der Waals surface area contributed by atoms with Crippen molar-refractivity contribution in [2.75, 3.05) is 0 Å². The average Bonchev–Trinajstić information content (AvgIpc) is 2.76. The van der Waals surface area contributed by atoms with Crippen LogP contribution >= 0.6 is 23.2 Å². The maximum atomic E-state index is 14.2. The van der Waals surface area contributed by atoms with E-state index in [1.165, 1.54) is 31.4 Å². The van der Waals surface area contributed by atoms with Crippen molar-refractivity contribution in [1.29, 1.82) is 0 Å². The second-order valence-corrected chi connectivity index (χ2v) is 7.10. The first-order valence-corrected chi connectivity index (χ1v) is 11.5. The van der Waals surface area contributed by atoms with Crippen molar-refractivity contribution < 1.29 is 13.6 Å². The highest BCUT2D eigenvalue weighted by Gasteiger charge is 2.14. The maximum Gasteiger partial charge on any atom is 0.141 e. The fraction of sp³-hybridized carbons (Fsp3) is 0.423. The quantitative estimate of drug-likeness (QED) is 0.218. The number of hydrogen-bond donors (Lipinski definition) is 1. The molecule has 182 valence electrons. The van der Waals surface area contributed by atoms with Gasteiger partial charge in [0, 0.05) is 5.70 Å². The molecule has 0 aliphatic heterocycles. The molecule has 0 saturated carbocycles. The van der Waals surface area contributed by atoms with Gasteiger partial charge < -0.3 is 10.1 Å². The van der Waals surface area contributed by atoms with Gasteiger partial charge in [-0.1, -0.05) is 88.7 Å². The number of carbonyl (C=O) groups excluding carboxylic acids is 1. The van der Waals surface area contributed by atoms with Gasteiger partial charge in [-0.2, -0.15) is 0 Å². The van der Waals surface area contributed by atoms with Crippen LogP contribution in [-0.4, -0.2) is 6.29 Å². The minimum atomic E-state index is -0.658. The first kappa shape index (κ1) is 34.7. The van der Waals surface area contributed by atoms with Crippen molar-refractivity contribution >= 4 is 29.5 Å². The normalized spacial score (nSPS) is 14.4. The first-order valence-electron chi connectivity index (χ1n) is 10.7. The van der Waals surface area contributed by atoms with Crippen molar-refractivity contribution in [3.63, 3.8) is 0 Å². The molecule has 0 radical (unpaired) electrons. The molecular weight excluding hydrogens is 451 g/mol. The molecule has 0 aliphatic rings. The lowest BCUT2D eigenvalue weighted by Gasteiger charge is -2.21. The highest BCUT2D eigenvalue weighted by Crippen LogP contribution is 2.26. The van der Waals surface area contributed by atoms with E-state index in [0.717, 1.165) is 25.5 Å². The van der Waals surface area contributed by atoms with Crippen LogP contribution in [0.3, 0.4) is 0 Å². The summed E-state index contributed by atoms with van der Waals surface area (Å²) in [5, 5.41) is 2.87. The van der Waals surface area contributed by atoms with Gasteiger partial charge in [-0.25, -0.2) is 8.78 Å². The smallest absolute Gasteiger partial charge is 0.141 e. The molecular formula is C26H39Cl2F2NO. The van der Waals surface area contributed by atoms with Gasteiger partial charge in [0.05, 0.1) is 10.1 Å². The zero-order valence-corrected chi connectivity index (χ0v) is 21.7. The molecule has 0 aromatic rings. The monoisotopic (exact) mass is 489 g/mol. The molecule has 1 N–H and O–H groups in total. The zero-order valence-electron chi connectivity index (χ0n) is 20.2. The predicted octanol–water partition coefficient (Wildman–Crippen LogP) is 9.44. The first-order chi connectivity index (χ1) is 15.2. The lowest BCUT2D eigenvalue weighted by molar-refractivity contribution is -0.106. The Hall–Kier alpha value is -1.91. The number of aldehydes is 1. The second-order valence-electron chi connectivity index (χ2n) is 6.29. The molecule has 0 unspecified atom stereocenters. The van der Waals surface area contributed by atoms with Crippen molar-refractivity contribution in [3.8, 4) is 0 Å². The molecule has 0 bridgehead atoms. The van der Waals surface area contributed by atoms with E-state index in [1.54, 1.807) is 13.0 Å². The summed E-state index contributed by atoms with van der Waals surface area (Å²) in [5.74, 6) is -0.618. The number of allylic oxidation sites excluding steroid dienone is 11. The molecule has 0 spiro atoms. The molecule has 2 nitrogen and oxygen atoms in total. The van der Waals surface area contributed by atoms with Crippen LogP contribution in [0.5, 0.6) is 0 Å². The summed E-state index contributed by atoms with van der Waals surface area (Å²) in [6.45, 7) is 18.0. The Labute approximate surface area is 204 Å². The minimum absolute atomic E-state index is 0.0117. The predicted molar refractivity (Wildman–Crippen MR) is 139 cm³/mol. The van der Waals surface area contributed by atoms with Crippen LogP contribution in [0.2, 0.25) is 0 Å². The lowest BCUT2D eigenvalue weighted by Crippen LogP contribution is -2.10. The maximum absolute atomic E-state index is 14.2. The summed E-state index contributed by atoms with van der Waals surface area (Å²) < 4.78 is 27.0. The Kier molecular flexibility index (Phi) is 25.7. The third-order valence-corrected chi connectivity index (χ3v) is 4.69. The van der Waals surface area contributed by atoms with Crippen LogP contribution in [0.15, 0.2) is 83.2 Å². The Bertz CT molecular complexity index is 692. The van der Waals surface area contributed by atoms with Gasteiger partial charge in [0.2, 0.25) is 0 Å². The van der Waals surface area contributed by atoms with Gasteiger partial charge in [-0.3, -0.25) is 0 Å². The summed E-state index contributed by atoms with van der Waals surface area (Å²) in [6.07, 6.45) is 14.7. The molecule has 0 aliphatic carbocycles. The zero-order chi connectivity index (χ0) is 25.5. The van der Waals surface area contributed by atoms with E-state index in [4.69, 9.17) is 28.0 Å². The van der Waals surface area contributed by atoms with Crippen LogP contribution in [0.4, 0.5) is 8.78 Å². The van der Waals surface area contributed by atoms with Crippen LogP contribution in [-0.2, 0) is 4.79 Å². The van der Waals surface area contributed by atoms with Gasteiger partial charge in [-0.05, 0) is 63.0 Å². The van der Waals surface area contributed by atoms with E-state index < -0.39 is 11.7 Å². The van der Waals surface area contributed by atoms with Crippen LogP contribution in [0, 0.1) is 11.8 Å². The van der Waals surface area contributed by atoms with Crippen LogP contribution in [0.25, 0.3) is 0 Å². The Balaban J connectivity index is -0.00000154. The van der Waals surface area contributed by atoms with Gasteiger partial charge in [0.1, 0.15) is 17.9 Å². The van der Waals surface area contributed by atoms with Crippen LogP contribution < -0.4 is 5.32 Å². The Morgan fingerprint density at radius 1 is 1.16 bits per heavy atom. The summed E-state index contributed by atoms with van der Waals surface area (Å²) in [4.78, 5) is 8.81. The number of hydrogen-bond acceptors (Lipinski definition) is 2. The Morgan fingerprint density at radius 2 is 1.72 bits per heavy atom. The van der Waals surface area contributed by atoms with Crippen molar-refractivity contribution in [3.05, 3.63) is 83.2 Å². The highest BCUT2D eigenvalue weighted by atomic mass is 35.5. The van der Waals surface area contributed by atoms with Gasteiger partial charge in [0.15, 0.2) is 0 Å². The van der Waals surface area contributed by atoms with E-state index in [2.05, 4.69) is 32.3 Å². The molecule has 0 heterocycles. The summed E-state index contributed by atoms with van der Waals surface area (Å²) in [7, 11) is 0. The summed E-state index contributed by atoms with van der Waals surface area (Å²) in [5.41, 5.74) is 0.699. The third-order valence-electron chi connectivity index (χ3n) is 4.07. The van der Waals surface area contributed by atoms with Crippen molar-refractivity contribution in [2.45, 2.75) is 60.8 Å². The van der Waals surface area contributed by atoms with E-state index >= 15 is 0 Å². The lowest BCUT2D eigenvalue weighted by atomic mass is 9.85.